The molecule has 0 aliphatic rings. The van der Waals surface area contributed by atoms with Crippen LogP contribution in [-0.2, 0) is 19.3 Å². The van der Waals surface area contributed by atoms with Crippen molar-refractivity contribution >= 4 is 0 Å². The molecule has 0 spiro atoms. The first-order valence-electron chi connectivity index (χ1n) is 5.72. The third-order valence-corrected chi connectivity index (χ3v) is 2.58. The van der Waals surface area contributed by atoms with E-state index in [2.05, 4.69) is 29.1 Å². The molecule has 1 rings (SSSR count). The molecule has 0 bridgehead atoms. The van der Waals surface area contributed by atoms with Crippen LogP contribution in [0.2, 0.25) is 0 Å². The van der Waals surface area contributed by atoms with E-state index >= 15 is 0 Å². The summed E-state index contributed by atoms with van der Waals surface area (Å²) in [6.07, 6.45) is 3.02. The maximum absolute atomic E-state index is 4.51. The van der Waals surface area contributed by atoms with E-state index in [0.29, 0.717) is 0 Å². The van der Waals surface area contributed by atoms with Gasteiger partial charge in [-0.1, -0.05) is 13.8 Å². The minimum absolute atomic E-state index is 0.900. The molecule has 84 valence electrons. The summed E-state index contributed by atoms with van der Waals surface area (Å²) in [7, 11) is 1.98. The number of likely N-dealkylation sites (N-methyl/N-ethyl adjacent to an activating group) is 1. The van der Waals surface area contributed by atoms with Crippen molar-refractivity contribution in [1.29, 1.82) is 0 Å². The molecule has 0 atom stereocenters. The number of aromatic nitrogens is 2. The average Bonchev–Trinajstić information content (AvgIpc) is 2.26. The fourth-order valence-corrected chi connectivity index (χ4v) is 1.84. The predicted molar refractivity (Wildman–Crippen MR) is 63.2 cm³/mol. The molecule has 15 heavy (non-hydrogen) atoms. The van der Waals surface area contributed by atoms with E-state index in [1.165, 1.54) is 17.0 Å². The number of hydrogen-bond acceptors (Lipinski definition) is 3. The minimum atomic E-state index is 0.900. The first kappa shape index (κ1) is 12.1. The van der Waals surface area contributed by atoms with Gasteiger partial charge in [0.2, 0.25) is 0 Å². The highest BCUT2D eigenvalue weighted by atomic mass is 14.9. The van der Waals surface area contributed by atoms with E-state index in [4.69, 9.17) is 0 Å². The van der Waals surface area contributed by atoms with E-state index in [0.717, 1.165) is 31.6 Å². The number of nitrogens with zero attached hydrogens (tertiary/aromatic N) is 2. The van der Waals surface area contributed by atoms with Crippen molar-refractivity contribution in [2.24, 2.45) is 0 Å². The summed E-state index contributed by atoms with van der Waals surface area (Å²) in [5, 5.41) is 3.18. The second-order valence-corrected chi connectivity index (χ2v) is 3.70. The van der Waals surface area contributed by atoms with Crippen molar-refractivity contribution in [2.45, 2.75) is 40.0 Å². The van der Waals surface area contributed by atoms with Crippen LogP contribution in [0.5, 0.6) is 0 Å². The van der Waals surface area contributed by atoms with E-state index in [-0.39, 0.29) is 0 Å². The standard InChI is InChI=1S/C12H21N3/c1-5-11-10(7-8-13-4)12(6-2)15-9(3)14-11/h13H,5-8H2,1-4H3. The minimum Gasteiger partial charge on any atom is -0.319 e. The Bertz CT molecular complexity index is 296. The highest BCUT2D eigenvalue weighted by Gasteiger charge is 2.09. The average molecular weight is 207 g/mol. The molecule has 0 saturated carbocycles. The lowest BCUT2D eigenvalue weighted by molar-refractivity contribution is 0.752. The molecular weight excluding hydrogens is 186 g/mol. The summed E-state index contributed by atoms with van der Waals surface area (Å²) in [4.78, 5) is 9.03. The number of nitrogens with one attached hydrogen (secondary N) is 1. The van der Waals surface area contributed by atoms with Crippen LogP contribution in [0.1, 0.15) is 36.6 Å². The molecule has 0 aliphatic heterocycles. The van der Waals surface area contributed by atoms with E-state index < -0.39 is 0 Å². The predicted octanol–water partition coefficient (Wildman–Crippen LogP) is 1.67. The fraction of sp³-hybridized carbons (Fsp3) is 0.667. The molecule has 0 aliphatic carbocycles. The van der Waals surface area contributed by atoms with E-state index in [1.807, 2.05) is 14.0 Å². The van der Waals surface area contributed by atoms with Crippen molar-refractivity contribution in [3.63, 3.8) is 0 Å². The van der Waals surface area contributed by atoms with Gasteiger partial charge in [0.15, 0.2) is 0 Å². The molecular formula is C12H21N3. The van der Waals surface area contributed by atoms with Gasteiger partial charge in [0.05, 0.1) is 0 Å². The maximum atomic E-state index is 4.51. The first-order chi connectivity index (χ1) is 7.22. The molecule has 0 saturated heterocycles. The molecule has 1 aromatic heterocycles. The van der Waals surface area contributed by atoms with Gasteiger partial charge >= 0.3 is 0 Å². The number of aryl methyl sites for hydroxylation is 3. The summed E-state index contributed by atoms with van der Waals surface area (Å²) in [5.41, 5.74) is 3.78. The molecule has 0 radical (unpaired) electrons. The Hall–Kier alpha value is -0.960. The van der Waals surface area contributed by atoms with Crippen LogP contribution in [0, 0.1) is 6.92 Å². The zero-order valence-electron chi connectivity index (χ0n) is 10.2. The zero-order chi connectivity index (χ0) is 11.3. The highest BCUT2D eigenvalue weighted by Crippen LogP contribution is 2.13. The molecule has 0 aromatic carbocycles. The molecule has 1 aromatic rings. The lowest BCUT2D eigenvalue weighted by Crippen LogP contribution is -2.15. The molecule has 3 nitrogen and oxygen atoms in total. The summed E-state index contributed by atoms with van der Waals surface area (Å²) in [6, 6.07) is 0. The van der Waals surface area contributed by atoms with Crippen LogP contribution < -0.4 is 5.32 Å². The van der Waals surface area contributed by atoms with E-state index in [9.17, 15) is 0 Å². The second-order valence-electron chi connectivity index (χ2n) is 3.70. The molecule has 0 unspecified atom stereocenters. The summed E-state index contributed by atoms with van der Waals surface area (Å²) >= 11 is 0. The molecule has 0 fully saturated rings. The summed E-state index contributed by atoms with van der Waals surface area (Å²) < 4.78 is 0. The third-order valence-electron chi connectivity index (χ3n) is 2.58. The lowest BCUT2D eigenvalue weighted by Gasteiger charge is -2.12. The largest absolute Gasteiger partial charge is 0.319 e. The Morgan fingerprint density at radius 2 is 1.60 bits per heavy atom. The first-order valence-corrected chi connectivity index (χ1v) is 5.72. The van der Waals surface area contributed by atoms with Crippen LogP contribution in [0.25, 0.3) is 0 Å². The van der Waals surface area contributed by atoms with Gasteiger partial charge in [-0.2, -0.15) is 0 Å². The quantitative estimate of drug-likeness (QED) is 0.798. The monoisotopic (exact) mass is 207 g/mol. The van der Waals surface area contributed by atoms with Crippen molar-refractivity contribution < 1.29 is 0 Å². The van der Waals surface area contributed by atoms with E-state index in [1.54, 1.807) is 0 Å². The van der Waals surface area contributed by atoms with Crippen molar-refractivity contribution in [3.05, 3.63) is 22.8 Å². The molecule has 1 heterocycles. The van der Waals surface area contributed by atoms with Gasteiger partial charge in [0.1, 0.15) is 5.82 Å². The molecule has 1 N–H and O–H groups in total. The van der Waals surface area contributed by atoms with Gasteiger partial charge in [0.25, 0.3) is 0 Å². The second kappa shape index (κ2) is 5.81. The summed E-state index contributed by atoms with van der Waals surface area (Å²) in [6.45, 7) is 7.28. The molecule has 3 heteroatoms. The van der Waals surface area contributed by atoms with Gasteiger partial charge in [-0.15, -0.1) is 0 Å². The van der Waals surface area contributed by atoms with Crippen LogP contribution >= 0.6 is 0 Å². The topological polar surface area (TPSA) is 37.8 Å². The Labute approximate surface area is 92.3 Å². The maximum Gasteiger partial charge on any atom is 0.125 e. The number of rotatable bonds is 5. The van der Waals surface area contributed by atoms with Crippen molar-refractivity contribution in [1.82, 2.24) is 15.3 Å². The van der Waals surface area contributed by atoms with Crippen molar-refractivity contribution in [2.75, 3.05) is 13.6 Å². The van der Waals surface area contributed by atoms with Crippen molar-refractivity contribution in [3.8, 4) is 0 Å². The van der Waals surface area contributed by atoms with Crippen LogP contribution in [-0.4, -0.2) is 23.6 Å². The Morgan fingerprint density at radius 1 is 1.07 bits per heavy atom. The third kappa shape index (κ3) is 2.99. The van der Waals surface area contributed by atoms with Crippen LogP contribution in [0.15, 0.2) is 0 Å². The Kier molecular flexibility index (Phi) is 4.69. The van der Waals surface area contributed by atoms with Crippen LogP contribution in [0.4, 0.5) is 0 Å². The Morgan fingerprint density at radius 3 is 2.00 bits per heavy atom. The fourth-order valence-electron chi connectivity index (χ4n) is 1.84. The zero-order valence-corrected chi connectivity index (χ0v) is 10.2. The van der Waals surface area contributed by atoms with Gasteiger partial charge in [-0.3, -0.25) is 0 Å². The Balaban J connectivity index is 3.06. The normalized spacial score (nSPS) is 10.7. The van der Waals surface area contributed by atoms with Gasteiger partial charge in [-0.25, -0.2) is 9.97 Å². The van der Waals surface area contributed by atoms with Gasteiger partial charge < -0.3 is 5.32 Å². The van der Waals surface area contributed by atoms with Gasteiger partial charge in [-0.05, 0) is 45.3 Å². The van der Waals surface area contributed by atoms with Crippen LogP contribution in [0.3, 0.4) is 0 Å². The highest BCUT2D eigenvalue weighted by molar-refractivity contribution is 5.26. The number of hydrogen-bond donors (Lipinski definition) is 1. The SMILES string of the molecule is CCc1nc(C)nc(CC)c1CCNC. The molecule has 0 amide bonds. The smallest absolute Gasteiger partial charge is 0.125 e. The lowest BCUT2D eigenvalue weighted by atomic mass is 10.0. The van der Waals surface area contributed by atoms with Gasteiger partial charge in [0, 0.05) is 11.4 Å². The summed E-state index contributed by atoms with van der Waals surface area (Å²) in [5.74, 6) is 0.900.